The van der Waals surface area contributed by atoms with Crippen LogP contribution in [0.5, 0.6) is 0 Å². The van der Waals surface area contributed by atoms with E-state index in [1.54, 1.807) is 7.05 Å². The van der Waals surface area contributed by atoms with Crippen LogP contribution in [-0.4, -0.2) is 57.2 Å². The second-order valence-electron chi connectivity index (χ2n) is 6.19. The van der Waals surface area contributed by atoms with E-state index in [1.807, 2.05) is 11.3 Å². The standard InChI is InChI=1S/C18H30N4O2S.HI/c1-19-18(20-10-4-3-9-17(23)24-2)21-14-15(16-8-7-13-25-16)22-11-5-6-12-22;/h7-8,13,15H,3-6,9-12,14H2,1-2H3,(H2,19,20,21);1H. The molecule has 1 fully saturated rings. The fourth-order valence-corrected chi connectivity index (χ4v) is 3.92. The fourth-order valence-electron chi connectivity index (χ4n) is 3.06. The lowest BCUT2D eigenvalue weighted by molar-refractivity contribution is -0.140. The number of esters is 1. The molecule has 148 valence electrons. The summed E-state index contributed by atoms with van der Waals surface area (Å²) >= 11 is 1.82. The van der Waals surface area contributed by atoms with E-state index in [1.165, 1.54) is 37.9 Å². The van der Waals surface area contributed by atoms with Crippen LogP contribution in [0.4, 0.5) is 0 Å². The van der Waals surface area contributed by atoms with Crippen LogP contribution >= 0.6 is 35.3 Å². The molecule has 2 heterocycles. The van der Waals surface area contributed by atoms with Gasteiger partial charge in [-0.05, 0) is 50.2 Å². The molecule has 1 aliphatic rings. The molecule has 0 saturated carbocycles. The monoisotopic (exact) mass is 494 g/mol. The topological polar surface area (TPSA) is 66.0 Å². The van der Waals surface area contributed by atoms with E-state index >= 15 is 0 Å². The fraction of sp³-hybridized carbons (Fsp3) is 0.667. The van der Waals surface area contributed by atoms with Gasteiger partial charge in [-0.25, -0.2) is 0 Å². The maximum absolute atomic E-state index is 11.1. The number of rotatable bonds is 9. The van der Waals surface area contributed by atoms with Gasteiger partial charge in [-0.15, -0.1) is 35.3 Å². The molecule has 6 nitrogen and oxygen atoms in total. The van der Waals surface area contributed by atoms with Gasteiger partial charge in [-0.2, -0.15) is 0 Å². The molecule has 0 radical (unpaired) electrons. The molecule has 1 unspecified atom stereocenters. The Balaban J connectivity index is 0.00000338. The van der Waals surface area contributed by atoms with Gasteiger partial charge in [-0.3, -0.25) is 14.7 Å². The van der Waals surface area contributed by atoms with Crippen LogP contribution in [0.3, 0.4) is 0 Å². The first-order valence-corrected chi connectivity index (χ1v) is 9.91. The number of nitrogens with zero attached hydrogens (tertiary/aromatic N) is 2. The number of nitrogens with one attached hydrogen (secondary N) is 2. The third-order valence-electron chi connectivity index (χ3n) is 4.47. The van der Waals surface area contributed by atoms with Crippen molar-refractivity contribution in [2.45, 2.75) is 38.1 Å². The van der Waals surface area contributed by atoms with Crippen LogP contribution in [0.15, 0.2) is 22.5 Å². The summed E-state index contributed by atoms with van der Waals surface area (Å²) in [5.41, 5.74) is 0. The number of halogens is 1. The molecule has 1 aromatic heterocycles. The van der Waals surface area contributed by atoms with Gasteiger partial charge < -0.3 is 15.4 Å². The SMILES string of the molecule is CN=C(NCCCCC(=O)OC)NCC(c1cccs1)N1CCCC1.I. The smallest absolute Gasteiger partial charge is 0.305 e. The summed E-state index contributed by atoms with van der Waals surface area (Å²) in [4.78, 5) is 19.4. The Morgan fingerprint density at radius 3 is 2.73 bits per heavy atom. The zero-order chi connectivity index (χ0) is 17.9. The highest BCUT2D eigenvalue weighted by atomic mass is 127. The van der Waals surface area contributed by atoms with E-state index in [9.17, 15) is 4.79 Å². The summed E-state index contributed by atoms with van der Waals surface area (Å²) in [6.45, 7) is 3.99. The summed E-state index contributed by atoms with van der Waals surface area (Å²) in [6, 6.07) is 4.75. The highest BCUT2D eigenvalue weighted by molar-refractivity contribution is 14.0. The van der Waals surface area contributed by atoms with Gasteiger partial charge in [0.15, 0.2) is 5.96 Å². The van der Waals surface area contributed by atoms with Crippen molar-refractivity contribution < 1.29 is 9.53 Å². The maximum atomic E-state index is 11.1. The highest BCUT2D eigenvalue weighted by Crippen LogP contribution is 2.27. The molecule has 0 aromatic carbocycles. The quantitative estimate of drug-likeness (QED) is 0.182. The zero-order valence-corrected chi connectivity index (χ0v) is 18.8. The predicted octanol–water partition coefficient (Wildman–Crippen LogP) is 3.01. The van der Waals surface area contributed by atoms with Crippen molar-refractivity contribution in [3.8, 4) is 0 Å². The largest absolute Gasteiger partial charge is 0.469 e. The average molecular weight is 494 g/mol. The molecule has 26 heavy (non-hydrogen) atoms. The summed E-state index contributed by atoms with van der Waals surface area (Å²) in [7, 11) is 3.22. The van der Waals surface area contributed by atoms with E-state index < -0.39 is 0 Å². The Kier molecular flexibility index (Phi) is 11.9. The number of guanidine groups is 1. The van der Waals surface area contributed by atoms with Crippen molar-refractivity contribution in [1.82, 2.24) is 15.5 Å². The first-order valence-electron chi connectivity index (χ1n) is 9.03. The molecule has 0 amide bonds. The molecule has 1 aromatic rings. The molecule has 0 spiro atoms. The molecule has 0 bridgehead atoms. The van der Waals surface area contributed by atoms with Crippen LogP contribution in [0, 0.1) is 0 Å². The minimum absolute atomic E-state index is 0. The predicted molar refractivity (Wildman–Crippen MR) is 119 cm³/mol. The summed E-state index contributed by atoms with van der Waals surface area (Å²) < 4.78 is 4.65. The number of methoxy groups -OCH3 is 1. The molecule has 0 aliphatic carbocycles. The van der Waals surface area contributed by atoms with Gasteiger partial charge in [0.25, 0.3) is 0 Å². The van der Waals surface area contributed by atoms with Crippen LogP contribution in [0.25, 0.3) is 0 Å². The Morgan fingerprint density at radius 2 is 2.12 bits per heavy atom. The van der Waals surface area contributed by atoms with E-state index in [4.69, 9.17) is 0 Å². The van der Waals surface area contributed by atoms with E-state index in [2.05, 4.69) is 42.8 Å². The van der Waals surface area contributed by atoms with Crippen molar-refractivity contribution in [2.24, 2.45) is 4.99 Å². The van der Waals surface area contributed by atoms with Gasteiger partial charge in [0.2, 0.25) is 0 Å². The Labute approximate surface area is 177 Å². The van der Waals surface area contributed by atoms with Crippen LogP contribution in [-0.2, 0) is 9.53 Å². The number of thiophene rings is 1. The Morgan fingerprint density at radius 1 is 1.35 bits per heavy atom. The number of hydrogen-bond acceptors (Lipinski definition) is 5. The van der Waals surface area contributed by atoms with Crippen molar-refractivity contribution in [1.29, 1.82) is 0 Å². The molecule has 2 N–H and O–H groups in total. The van der Waals surface area contributed by atoms with E-state index in [0.717, 1.165) is 31.9 Å². The third kappa shape index (κ3) is 7.79. The maximum Gasteiger partial charge on any atom is 0.305 e. The molecule has 1 aliphatic heterocycles. The normalized spacial score (nSPS) is 16.0. The first-order chi connectivity index (χ1) is 12.2. The van der Waals surface area contributed by atoms with E-state index in [0.29, 0.717) is 12.5 Å². The van der Waals surface area contributed by atoms with Crippen molar-refractivity contribution in [2.75, 3.05) is 40.3 Å². The van der Waals surface area contributed by atoms with Gasteiger partial charge in [0.1, 0.15) is 0 Å². The summed E-state index contributed by atoms with van der Waals surface area (Å²) in [6.07, 6.45) is 4.78. The van der Waals surface area contributed by atoms with Gasteiger partial charge in [0.05, 0.1) is 13.2 Å². The Bertz CT molecular complexity index is 533. The number of carbonyl (C=O) groups is 1. The molecule has 2 rings (SSSR count). The first kappa shape index (κ1) is 23.2. The lowest BCUT2D eigenvalue weighted by atomic mass is 10.2. The molecule has 1 atom stereocenters. The number of likely N-dealkylation sites (tertiary alicyclic amines) is 1. The van der Waals surface area contributed by atoms with E-state index in [-0.39, 0.29) is 29.9 Å². The lowest BCUT2D eigenvalue weighted by Gasteiger charge is -2.27. The number of hydrogen-bond donors (Lipinski definition) is 2. The third-order valence-corrected chi connectivity index (χ3v) is 5.44. The minimum atomic E-state index is -0.146. The van der Waals surface area contributed by atoms with Crippen LogP contribution < -0.4 is 10.6 Å². The van der Waals surface area contributed by atoms with Crippen molar-refractivity contribution in [3.63, 3.8) is 0 Å². The Hall–Kier alpha value is -0.870. The second-order valence-corrected chi connectivity index (χ2v) is 7.17. The van der Waals surface area contributed by atoms with Gasteiger partial charge in [-0.1, -0.05) is 6.07 Å². The number of carbonyl (C=O) groups excluding carboxylic acids is 1. The van der Waals surface area contributed by atoms with Gasteiger partial charge >= 0.3 is 5.97 Å². The summed E-state index contributed by atoms with van der Waals surface area (Å²) in [5, 5.41) is 8.93. The van der Waals surface area contributed by atoms with Crippen molar-refractivity contribution in [3.05, 3.63) is 22.4 Å². The molecular weight excluding hydrogens is 463 g/mol. The number of aliphatic imine (C=N–C) groups is 1. The lowest BCUT2D eigenvalue weighted by Crippen LogP contribution is -2.42. The molecule has 8 heteroatoms. The number of unbranched alkanes of at least 4 members (excludes halogenated alkanes) is 1. The van der Waals surface area contributed by atoms with Crippen LogP contribution in [0.2, 0.25) is 0 Å². The molecule has 1 saturated heterocycles. The summed E-state index contributed by atoms with van der Waals surface area (Å²) in [5.74, 6) is 0.672. The highest BCUT2D eigenvalue weighted by Gasteiger charge is 2.24. The minimum Gasteiger partial charge on any atom is -0.469 e. The second kappa shape index (κ2) is 13.3. The number of ether oxygens (including phenoxy) is 1. The van der Waals surface area contributed by atoms with Crippen molar-refractivity contribution >= 4 is 47.2 Å². The van der Waals surface area contributed by atoms with Gasteiger partial charge in [0, 0.05) is 31.4 Å². The average Bonchev–Trinajstić information content (AvgIpc) is 3.34. The van der Waals surface area contributed by atoms with Crippen LogP contribution in [0.1, 0.15) is 43.0 Å². The molecular formula is C18H31IN4O2S. The zero-order valence-electron chi connectivity index (χ0n) is 15.7.